The number of rotatable bonds is 4. The lowest BCUT2D eigenvalue weighted by Gasteiger charge is -2.32. The first kappa shape index (κ1) is 16.4. The molecule has 1 aliphatic carbocycles. The van der Waals surface area contributed by atoms with Crippen molar-refractivity contribution in [3.63, 3.8) is 0 Å². The lowest BCUT2D eigenvalue weighted by atomic mass is 9.84. The van der Waals surface area contributed by atoms with Crippen LogP contribution >= 0.6 is 12.4 Å². The van der Waals surface area contributed by atoms with E-state index in [1.54, 1.807) is 12.1 Å². The first-order chi connectivity index (χ1) is 8.51. The summed E-state index contributed by atoms with van der Waals surface area (Å²) in [5.74, 6) is 0.0357. The summed E-state index contributed by atoms with van der Waals surface area (Å²) in [4.78, 5) is 2.10. The van der Waals surface area contributed by atoms with Crippen molar-refractivity contribution >= 4 is 12.4 Å². The fourth-order valence-electron chi connectivity index (χ4n) is 3.03. The second kappa shape index (κ2) is 6.69. The van der Waals surface area contributed by atoms with Gasteiger partial charge < -0.3 is 10.0 Å². The molecule has 0 heterocycles. The molecular formula is C15H23ClFNO. The third kappa shape index (κ3) is 3.91. The van der Waals surface area contributed by atoms with E-state index in [0.717, 1.165) is 25.8 Å². The van der Waals surface area contributed by atoms with Crippen LogP contribution in [0.15, 0.2) is 24.3 Å². The van der Waals surface area contributed by atoms with Crippen molar-refractivity contribution < 1.29 is 9.50 Å². The van der Waals surface area contributed by atoms with Gasteiger partial charge in [-0.15, -0.1) is 12.4 Å². The molecular weight excluding hydrogens is 265 g/mol. The third-order valence-electron chi connectivity index (χ3n) is 3.96. The molecule has 2 nitrogen and oxygen atoms in total. The lowest BCUT2D eigenvalue weighted by Crippen LogP contribution is -2.41. The molecule has 1 aliphatic rings. The molecule has 0 radical (unpaired) electrons. The van der Waals surface area contributed by atoms with Crippen molar-refractivity contribution in [2.45, 2.75) is 31.3 Å². The third-order valence-corrected chi connectivity index (χ3v) is 3.96. The molecule has 1 aromatic rings. The molecule has 0 bridgehead atoms. The number of hydrogen-bond donors (Lipinski definition) is 1. The smallest absolute Gasteiger partial charge is 0.126 e. The average Bonchev–Trinajstić information content (AvgIpc) is 2.63. The van der Waals surface area contributed by atoms with Crippen molar-refractivity contribution in [1.82, 2.24) is 4.90 Å². The molecule has 0 aliphatic heterocycles. The Balaban J connectivity index is 0.00000180. The van der Waals surface area contributed by atoms with Gasteiger partial charge in [0.25, 0.3) is 0 Å². The molecule has 2 rings (SSSR count). The quantitative estimate of drug-likeness (QED) is 0.920. The first-order valence-corrected chi connectivity index (χ1v) is 6.62. The molecule has 0 saturated heterocycles. The van der Waals surface area contributed by atoms with Gasteiger partial charge in [0, 0.05) is 18.9 Å². The van der Waals surface area contributed by atoms with Crippen LogP contribution in [-0.2, 0) is 6.42 Å². The minimum Gasteiger partial charge on any atom is -0.389 e. The number of nitrogens with zero attached hydrogens (tertiary/aromatic N) is 1. The molecule has 19 heavy (non-hydrogen) atoms. The van der Waals surface area contributed by atoms with Gasteiger partial charge in [-0.25, -0.2) is 4.39 Å². The molecule has 108 valence electrons. The van der Waals surface area contributed by atoms with Crippen molar-refractivity contribution in [1.29, 1.82) is 0 Å². The van der Waals surface area contributed by atoms with Crippen LogP contribution in [-0.4, -0.2) is 36.2 Å². The first-order valence-electron chi connectivity index (χ1n) is 6.62. The highest BCUT2D eigenvalue weighted by molar-refractivity contribution is 5.85. The minimum atomic E-state index is -0.744. The fourth-order valence-corrected chi connectivity index (χ4v) is 3.03. The summed E-state index contributed by atoms with van der Waals surface area (Å²) in [5.41, 5.74) is -0.113. The van der Waals surface area contributed by atoms with E-state index in [1.807, 2.05) is 20.2 Å². The van der Waals surface area contributed by atoms with E-state index in [1.165, 1.54) is 6.07 Å². The van der Waals surface area contributed by atoms with E-state index in [-0.39, 0.29) is 24.1 Å². The highest BCUT2D eigenvalue weighted by atomic mass is 35.5. The topological polar surface area (TPSA) is 23.5 Å². The highest BCUT2D eigenvalue weighted by Gasteiger charge is 2.41. The van der Waals surface area contributed by atoms with Crippen LogP contribution < -0.4 is 0 Å². The maximum absolute atomic E-state index is 13.7. The molecule has 2 atom stereocenters. The number of halogens is 2. The Morgan fingerprint density at radius 3 is 2.68 bits per heavy atom. The molecule has 1 N–H and O–H groups in total. The fraction of sp³-hybridized carbons (Fsp3) is 0.600. The summed E-state index contributed by atoms with van der Waals surface area (Å²) in [6, 6.07) is 6.76. The predicted molar refractivity (Wildman–Crippen MR) is 78.2 cm³/mol. The van der Waals surface area contributed by atoms with Crippen molar-refractivity contribution in [2.75, 3.05) is 20.6 Å². The Hall–Kier alpha value is -0.640. The Labute approximate surface area is 121 Å². The maximum Gasteiger partial charge on any atom is 0.126 e. The van der Waals surface area contributed by atoms with Crippen LogP contribution in [0.3, 0.4) is 0 Å². The Bertz CT molecular complexity index is 413. The lowest BCUT2D eigenvalue weighted by molar-refractivity contribution is -0.00633. The zero-order valence-electron chi connectivity index (χ0n) is 11.6. The van der Waals surface area contributed by atoms with Crippen molar-refractivity contribution in [2.24, 2.45) is 5.92 Å². The van der Waals surface area contributed by atoms with Gasteiger partial charge in [0.15, 0.2) is 0 Å². The highest BCUT2D eigenvalue weighted by Crippen LogP contribution is 2.38. The van der Waals surface area contributed by atoms with Crippen molar-refractivity contribution in [3.8, 4) is 0 Å². The van der Waals surface area contributed by atoms with E-state index < -0.39 is 5.60 Å². The van der Waals surface area contributed by atoms with Crippen molar-refractivity contribution in [3.05, 3.63) is 35.6 Å². The molecule has 1 fully saturated rings. The summed E-state index contributed by atoms with van der Waals surface area (Å²) in [5, 5.41) is 10.8. The number of aliphatic hydroxyl groups is 1. The Kier molecular flexibility index (Phi) is 5.78. The van der Waals surface area contributed by atoms with Crippen LogP contribution in [0.4, 0.5) is 4.39 Å². The largest absolute Gasteiger partial charge is 0.389 e. The van der Waals surface area contributed by atoms with E-state index in [4.69, 9.17) is 0 Å². The summed E-state index contributed by atoms with van der Waals surface area (Å²) < 4.78 is 13.7. The van der Waals surface area contributed by atoms with E-state index in [2.05, 4.69) is 4.90 Å². The summed E-state index contributed by atoms with van der Waals surface area (Å²) >= 11 is 0. The molecule has 1 saturated carbocycles. The molecule has 1 aromatic carbocycles. The monoisotopic (exact) mass is 287 g/mol. The average molecular weight is 288 g/mol. The zero-order chi connectivity index (χ0) is 13.2. The zero-order valence-corrected chi connectivity index (χ0v) is 12.4. The number of hydrogen-bond acceptors (Lipinski definition) is 2. The second-order valence-electron chi connectivity index (χ2n) is 5.72. The maximum atomic E-state index is 13.7. The van der Waals surface area contributed by atoms with E-state index in [0.29, 0.717) is 12.0 Å². The van der Waals surface area contributed by atoms with Crippen LogP contribution in [0, 0.1) is 11.7 Å². The van der Waals surface area contributed by atoms with Gasteiger partial charge in [0.05, 0.1) is 5.60 Å². The van der Waals surface area contributed by atoms with Crippen LogP contribution in [0.5, 0.6) is 0 Å². The molecule has 0 spiro atoms. The molecule has 0 aromatic heterocycles. The molecule has 0 unspecified atom stereocenters. The van der Waals surface area contributed by atoms with Gasteiger partial charge in [0.1, 0.15) is 5.82 Å². The van der Waals surface area contributed by atoms with Gasteiger partial charge in [-0.2, -0.15) is 0 Å². The van der Waals surface area contributed by atoms with Crippen LogP contribution in [0.2, 0.25) is 0 Å². The number of benzene rings is 1. The predicted octanol–water partition coefficient (Wildman–Crippen LogP) is 2.88. The van der Waals surface area contributed by atoms with E-state index in [9.17, 15) is 9.50 Å². The molecule has 4 heteroatoms. The molecule has 0 amide bonds. The Morgan fingerprint density at radius 1 is 1.37 bits per heavy atom. The van der Waals surface area contributed by atoms with Gasteiger partial charge >= 0.3 is 0 Å². The normalized spacial score (nSPS) is 26.5. The SMILES string of the molecule is CN(C)C[C@H]1CCC[C@]1(O)Cc1ccccc1F.Cl. The second-order valence-corrected chi connectivity index (χ2v) is 5.72. The van der Waals surface area contributed by atoms with Gasteiger partial charge in [-0.3, -0.25) is 0 Å². The van der Waals surface area contributed by atoms with E-state index >= 15 is 0 Å². The minimum absolute atomic E-state index is 0. The van der Waals surface area contributed by atoms with Gasteiger partial charge in [0.2, 0.25) is 0 Å². The van der Waals surface area contributed by atoms with Crippen LogP contribution in [0.25, 0.3) is 0 Å². The summed E-state index contributed by atoms with van der Waals surface area (Å²) in [6.07, 6.45) is 3.27. The standard InChI is InChI=1S/C15H22FNO.ClH/c1-17(2)11-13-7-5-9-15(13,18)10-12-6-3-4-8-14(12)16;/h3-4,6,8,13,18H,5,7,9-11H2,1-2H3;1H/t13-,15+;/m1./s1. The van der Waals surface area contributed by atoms with Crippen LogP contribution in [0.1, 0.15) is 24.8 Å². The van der Waals surface area contributed by atoms with Gasteiger partial charge in [-0.1, -0.05) is 24.6 Å². The summed E-state index contributed by atoms with van der Waals surface area (Å²) in [7, 11) is 4.03. The van der Waals surface area contributed by atoms with Gasteiger partial charge in [-0.05, 0) is 38.6 Å². The Morgan fingerprint density at radius 2 is 2.05 bits per heavy atom. The summed E-state index contributed by atoms with van der Waals surface area (Å²) in [6.45, 7) is 0.866.